The maximum atomic E-state index is 14.5. The Balaban J connectivity index is 2.33. The second-order valence-corrected chi connectivity index (χ2v) is 5.47. The largest absolute Gasteiger partial charge is 0.369 e. The Morgan fingerprint density at radius 1 is 1.35 bits per heavy atom. The van der Waals surface area contributed by atoms with Gasteiger partial charge in [0.05, 0.1) is 5.92 Å². The number of anilines is 1. The van der Waals surface area contributed by atoms with E-state index in [0.29, 0.717) is 25.1 Å². The van der Waals surface area contributed by atoms with Crippen LogP contribution in [0.3, 0.4) is 0 Å². The van der Waals surface area contributed by atoms with Crippen LogP contribution in [-0.2, 0) is 9.59 Å². The molecule has 0 saturated carbocycles. The van der Waals surface area contributed by atoms with E-state index in [9.17, 15) is 18.4 Å². The van der Waals surface area contributed by atoms with Crippen LogP contribution in [0.5, 0.6) is 0 Å². The van der Waals surface area contributed by atoms with Gasteiger partial charge in [0.1, 0.15) is 17.9 Å². The van der Waals surface area contributed by atoms with Gasteiger partial charge in [-0.05, 0) is 18.6 Å². The number of likely N-dealkylation sites (N-methyl/N-ethyl adjacent to an activating group) is 1. The molecule has 1 amide bonds. The molecule has 126 valence electrons. The van der Waals surface area contributed by atoms with Crippen LogP contribution < -0.4 is 15.5 Å². The van der Waals surface area contributed by atoms with E-state index in [0.717, 1.165) is 13.1 Å². The monoisotopic (exact) mass is 325 g/mol. The lowest BCUT2D eigenvalue weighted by molar-refractivity contribution is -0.122. The van der Waals surface area contributed by atoms with Gasteiger partial charge in [-0.1, -0.05) is 0 Å². The van der Waals surface area contributed by atoms with Crippen molar-refractivity contribution in [3.05, 3.63) is 29.3 Å². The quantitative estimate of drug-likeness (QED) is 0.771. The Bertz CT molecular complexity index is 551. The van der Waals surface area contributed by atoms with E-state index in [4.69, 9.17) is 0 Å². The highest BCUT2D eigenvalue weighted by Gasteiger charge is 2.27. The number of aldehydes is 1. The number of hydrogen-bond donors (Lipinski definition) is 2. The Kier molecular flexibility index (Phi) is 6.04. The van der Waals surface area contributed by atoms with Gasteiger partial charge < -0.3 is 20.3 Å². The number of carbonyl (C=O) groups excluding carboxylic acids is 2. The van der Waals surface area contributed by atoms with Gasteiger partial charge in [0, 0.05) is 50.9 Å². The molecule has 1 heterocycles. The smallest absolute Gasteiger partial charge is 0.227 e. The molecule has 1 aromatic carbocycles. The third kappa shape index (κ3) is 4.04. The highest BCUT2D eigenvalue weighted by atomic mass is 19.1. The van der Waals surface area contributed by atoms with Crippen molar-refractivity contribution in [3.8, 4) is 0 Å². The molecule has 23 heavy (non-hydrogen) atoms. The van der Waals surface area contributed by atoms with Crippen LogP contribution in [0.4, 0.5) is 14.5 Å². The summed E-state index contributed by atoms with van der Waals surface area (Å²) in [5.41, 5.74) is 0.196. The van der Waals surface area contributed by atoms with Crippen molar-refractivity contribution in [2.45, 2.75) is 18.8 Å². The first-order valence-electron chi connectivity index (χ1n) is 7.68. The van der Waals surface area contributed by atoms with Crippen LogP contribution in [-0.4, -0.2) is 45.4 Å². The van der Waals surface area contributed by atoms with Crippen LogP contribution in [0.25, 0.3) is 0 Å². The number of amides is 1. The van der Waals surface area contributed by atoms with Gasteiger partial charge in [0.25, 0.3) is 0 Å². The molecule has 0 aliphatic carbocycles. The van der Waals surface area contributed by atoms with E-state index in [-0.39, 0.29) is 18.4 Å². The topological polar surface area (TPSA) is 61.4 Å². The van der Waals surface area contributed by atoms with Crippen molar-refractivity contribution in [2.24, 2.45) is 0 Å². The number of nitrogens with zero attached hydrogens (tertiary/aromatic N) is 1. The highest BCUT2D eigenvalue weighted by Crippen LogP contribution is 2.30. The van der Waals surface area contributed by atoms with Gasteiger partial charge in [0.2, 0.25) is 5.91 Å². The van der Waals surface area contributed by atoms with Crippen molar-refractivity contribution in [1.82, 2.24) is 10.6 Å². The molecule has 2 rings (SSSR count). The molecule has 1 unspecified atom stereocenters. The molecular weight excluding hydrogens is 304 g/mol. The van der Waals surface area contributed by atoms with Gasteiger partial charge in [-0.3, -0.25) is 4.79 Å². The number of nitrogens with one attached hydrogen (secondary N) is 2. The fourth-order valence-electron chi connectivity index (χ4n) is 2.82. The van der Waals surface area contributed by atoms with E-state index in [2.05, 4.69) is 10.6 Å². The molecular formula is C16H21F2N3O2. The summed E-state index contributed by atoms with van der Waals surface area (Å²) in [5, 5.41) is 5.57. The average molecular weight is 325 g/mol. The molecule has 1 aliphatic rings. The lowest BCUT2D eigenvalue weighted by Gasteiger charge is -2.30. The SMILES string of the molecule is CNC(=O)C(CCC=O)c1c(F)cc(N2CCNCC2)cc1F. The van der Waals surface area contributed by atoms with Crippen LogP contribution in [0, 0.1) is 11.6 Å². The van der Waals surface area contributed by atoms with Crippen LogP contribution in [0.1, 0.15) is 24.3 Å². The Morgan fingerprint density at radius 2 is 1.96 bits per heavy atom. The second kappa shape index (κ2) is 8.01. The highest BCUT2D eigenvalue weighted by molar-refractivity contribution is 5.84. The summed E-state index contributed by atoms with van der Waals surface area (Å²) in [6.45, 7) is 2.85. The Hall–Kier alpha value is -2.02. The molecule has 1 aliphatic heterocycles. The summed E-state index contributed by atoms with van der Waals surface area (Å²) in [6.07, 6.45) is 0.779. The fraction of sp³-hybridized carbons (Fsp3) is 0.500. The fourth-order valence-corrected chi connectivity index (χ4v) is 2.82. The van der Waals surface area contributed by atoms with Crippen LogP contribution in [0.2, 0.25) is 0 Å². The van der Waals surface area contributed by atoms with E-state index in [1.807, 2.05) is 4.90 Å². The van der Waals surface area contributed by atoms with Crippen LogP contribution >= 0.6 is 0 Å². The predicted molar refractivity (Wildman–Crippen MR) is 83.5 cm³/mol. The summed E-state index contributed by atoms with van der Waals surface area (Å²) >= 11 is 0. The minimum absolute atomic E-state index is 0.0660. The van der Waals surface area contributed by atoms with E-state index < -0.39 is 23.5 Å². The van der Waals surface area contributed by atoms with Crippen molar-refractivity contribution in [2.75, 3.05) is 38.1 Å². The predicted octanol–water partition coefficient (Wildman–Crippen LogP) is 1.18. The average Bonchev–Trinajstić information content (AvgIpc) is 2.57. The van der Waals surface area contributed by atoms with Gasteiger partial charge in [-0.2, -0.15) is 0 Å². The number of benzene rings is 1. The third-order valence-electron chi connectivity index (χ3n) is 4.03. The zero-order valence-electron chi connectivity index (χ0n) is 13.1. The van der Waals surface area contributed by atoms with E-state index in [1.165, 1.54) is 19.2 Å². The summed E-state index contributed by atoms with van der Waals surface area (Å²) < 4.78 is 29.0. The number of hydrogen-bond acceptors (Lipinski definition) is 4. The minimum Gasteiger partial charge on any atom is -0.369 e. The van der Waals surface area contributed by atoms with Gasteiger partial charge in [0.15, 0.2) is 0 Å². The summed E-state index contributed by atoms with van der Waals surface area (Å²) in [6, 6.07) is 2.53. The first-order chi connectivity index (χ1) is 11.1. The van der Waals surface area contributed by atoms with Crippen molar-refractivity contribution in [1.29, 1.82) is 0 Å². The first kappa shape index (κ1) is 17.3. The van der Waals surface area contributed by atoms with Gasteiger partial charge in [-0.25, -0.2) is 8.78 Å². The summed E-state index contributed by atoms with van der Waals surface area (Å²) in [5.74, 6) is -3.02. The Morgan fingerprint density at radius 3 is 2.48 bits per heavy atom. The van der Waals surface area contributed by atoms with Gasteiger partial charge >= 0.3 is 0 Å². The molecule has 1 atom stereocenters. The normalized spacial score (nSPS) is 16.0. The third-order valence-corrected chi connectivity index (χ3v) is 4.03. The minimum atomic E-state index is -1.01. The van der Waals surface area contributed by atoms with Crippen molar-refractivity contribution >= 4 is 17.9 Å². The molecule has 1 aromatic rings. The second-order valence-electron chi connectivity index (χ2n) is 5.47. The summed E-state index contributed by atoms with van der Waals surface area (Å²) in [4.78, 5) is 24.4. The van der Waals surface area contributed by atoms with E-state index >= 15 is 0 Å². The number of halogens is 2. The standard InChI is InChI=1S/C16H21F2N3O2/c1-19-16(23)12(3-2-8-22)15-13(17)9-11(10-14(15)18)21-6-4-20-5-7-21/h8-10,12,20H,2-7H2,1H3,(H,19,23). The van der Waals surface area contributed by atoms with Crippen molar-refractivity contribution in [3.63, 3.8) is 0 Å². The lowest BCUT2D eigenvalue weighted by atomic mass is 9.92. The molecule has 1 fully saturated rings. The van der Waals surface area contributed by atoms with Crippen LogP contribution in [0.15, 0.2) is 12.1 Å². The molecule has 1 saturated heterocycles. The molecule has 0 aromatic heterocycles. The zero-order chi connectivity index (χ0) is 16.8. The molecule has 0 radical (unpaired) electrons. The van der Waals surface area contributed by atoms with Gasteiger partial charge in [-0.15, -0.1) is 0 Å². The summed E-state index contributed by atoms with van der Waals surface area (Å²) in [7, 11) is 1.40. The number of piperazine rings is 1. The molecule has 7 heteroatoms. The Labute approximate surface area is 134 Å². The number of rotatable bonds is 6. The maximum Gasteiger partial charge on any atom is 0.227 e. The number of carbonyl (C=O) groups is 2. The molecule has 5 nitrogen and oxygen atoms in total. The zero-order valence-corrected chi connectivity index (χ0v) is 13.1. The molecule has 2 N–H and O–H groups in total. The van der Waals surface area contributed by atoms with Crippen molar-refractivity contribution < 1.29 is 18.4 Å². The molecule has 0 spiro atoms. The van der Waals surface area contributed by atoms with E-state index in [1.54, 1.807) is 0 Å². The first-order valence-corrected chi connectivity index (χ1v) is 7.68. The molecule has 0 bridgehead atoms. The lowest BCUT2D eigenvalue weighted by Crippen LogP contribution is -2.43. The maximum absolute atomic E-state index is 14.5.